The molecule has 34 valence electrons. The van der Waals surface area contributed by atoms with E-state index in [-0.39, 0.29) is 76.1 Å². The Morgan fingerprint density at radius 3 is 0.600 bits per heavy atom. The molecule has 0 spiro atoms. The quantitative estimate of drug-likeness (QED) is 0.358. The number of hydrogen-bond donors (Lipinski definition) is 0. The monoisotopic (exact) mass is 398 g/mol. The molecule has 0 aliphatic rings. The molecule has 0 aromatic carbocycles. The Labute approximate surface area is 75.4 Å². The largest absolute Gasteiger partial charge is 2.00 e. The molecule has 0 nitrogen and oxygen atoms in total. The minimum atomic E-state index is 0. The van der Waals surface area contributed by atoms with Crippen molar-refractivity contribution >= 4 is 27.3 Å². The summed E-state index contributed by atoms with van der Waals surface area (Å²) in [7, 11) is 0. The van der Waals surface area contributed by atoms with E-state index in [0.29, 0.717) is 0 Å². The summed E-state index contributed by atoms with van der Waals surface area (Å²) in [6, 6.07) is 0. The number of rotatable bonds is 0. The first kappa shape index (κ1) is 67.2. The van der Waals surface area contributed by atoms with E-state index in [2.05, 4.69) is 0 Å². The van der Waals surface area contributed by atoms with Crippen molar-refractivity contribution in [1.29, 1.82) is 0 Å². The topological polar surface area (TPSA) is 0 Å². The van der Waals surface area contributed by atoms with E-state index < -0.39 is 0 Å². The van der Waals surface area contributed by atoms with Crippen LogP contribution < -0.4 is 34.0 Å². The average molecular weight is 399 g/mol. The van der Waals surface area contributed by atoms with Gasteiger partial charge in [-0.15, -0.1) is 0 Å². The van der Waals surface area contributed by atoms with Gasteiger partial charge in [-0.2, -0.15) is 0 Å². The van der Waals surface area contributed by atoms with Gasteiger partial charge in [-0.1, -0.05) is 14.9 Å². The molecule has 0 aromatic heterocycles. The van der Waals surface area contributed by atoms with E-state index in [1.54, 1.807) is 0 Å². The Hall–Kier alpha value is 1.88. The van der Waals surface area contributed by atoms with E-state index >= 15 is 0 Å². The van der Waals surface area contributed by atoms with E-state index in [1.807, 2.05) is 0 Å². The first-order chi connectivity index (χ1) is 0. The summed E-state index contributed by atoms with van der Waals surface area (Å²) >= 11 is 0. The second-order valence-corrected chi connectivity index (χ2v) is 0. The predicted octanol–water partition coefficient (Wildman–Crippen LogP) is -5.10. The molecule has 0 bridgehead atoms. The summed E-state index contributed by atoms with van der Waals surface area (Å²) in [5.74, 6) is 0. The molecule has 0 saturated heterocycles. The third-order valence-corrected chi connectivity index (χ3v) is 0. The number of halogens is 2. The van der Waals surface area contributed by atoms with Crippen molar-refractivity contribution in [2.75, 3.05) is 0 Å². The smallest absolute Gasteiger partial charge is 1.00 e. The minimum absolute atomic E-state index is 0. The zero-order valence-corrected chi connectivity index (χ0v) is 8.32. The van der Waals surface area contributed by atoms with Gasteiger partial charge in [0.05, 0.1) is 0 Å². The Morgan fingerprint density at radius 2 is 0.600 bits per heavy atom. The fourth-order valence-corrected chi connectivity index (χ4v) is 0. The van der Waals surface area contributed by atoms with Crippen molar-refractivity contribution in [2.24, 2.45) is 0 Å². The maximum Gasteiger partial charge on any atom is 2.00 e. The van der Waals surface area contributed by atoms with Crippen LogP contribution >= 0.6 is 0 Å². The molecule has 0 rings (SSSR count). The molecule has 0 aromatic rings. The fourth-order valence-electron chi connectivity index (χ4n) is 0. The molecular weight excluding hydrogens is 391 g/mol. The van der Waals surface area contributed by atoms with Crippen LogP contribution in [0.1, 0.15) is 14.9 Å². The third-order valence-electron chi connectivity index (χ3n) is 0. The Balaban J connectivity index is 0. The van der Waals surface area contributed by atoms with Gasteiger partial charge in [-0.05, 0) is 0 Å². The maximum atomic E-state index is 0. The third kappa shape index (κ3) is 25.0. The molecule has 0 aliphatic carbocycles. The standard InChI is InChI=1S/2CH4.2BrH.Pb/h2*1H4;2*1H;/q;;;;+2/p-2. The van der Waals surface area contributed by atoms with Crippen molar-refractivity contribution < 1.29 is 34.0 Å². The molecule has 0 saturated carbocycles. The van der Waals surface area contributed by atoms with Gasteiger partial charge in [0.2, 0.25) is 0 Å². The molecule has 0 heterocycles. The van der Waals surface area contributed by atoms with Gasteiger partial charge in [-0.3, -0.25) is 0 Å². The molecule has 3 heteroatoms. The molecule has 2 radical (unpaired) electrons. The van der Waals surface area contributed by atoms with Crippen LogP contribution in [0.3, 0.4) is 0 Å². The van der Waals surface area contributed by atoms with Crippen molar-refractivity contribution in [2.45, 2.75) is 14.9 Å². The van der Waals surface area contributed by atoms with Gasteiger partial charge in [0.25, 0.3) is 0 Å². The first-order valence-electron chi connectivity index (χ1n) is 0. The molecule has 0 N–H and O–H groups in total. The Kier molecular flexibility index (Phi) is 532. The second-order valence-electron chi connectivity index (χ2n) is 0. The van der Waals surface area contributed by atoms with E-state index in [9.17, 15) is 0 Å². The van der Waals surface area contributed by atoms with Crippen LogP contribution in [0.2, 0.25) is 0 Å². The summed E-state index contributed by atoms with van der Waals surface area (Å²) in [5.41, 5.74) is 0. The first-order valence-corrected chi connectivity index (χ1v) is 0. The summed E-state index contributed by atoms with van der Waals surface area (Å²) in [6.45, 7) is 0. The molecule has 0 atom stereocenters. The molecular formula is C2H8Br2Pb. The van der Waals surface area contributed by atoms with Crippen LogP contribution in [-0.4, -0.2) is 27.3 Å². The minimum Gasteiger partial charge on any atom is -1.00 e. The summed E-state index contributed by atoms with van der Waals surface area (Å²) in [5, 5.41) is 0. The van der Waals surface area contributed by atoms with Crippen LogP contribution in [0.4, 0.5) is 0 Å². The number of hydrogen-bond acceptors (Lipinski definition) is 0. The van der Waals surface area contributed by atoms with Gasteiger partial charge in [0.15, 0.2) is 0 Å². The summed E-state index contributed by atoms with van der Waals surface area (Å²) < 4.78 is 0. The van der Waals surface area contributed by atoms with E-state index in [1.165, 1.54) is 0 Å². The molecule has 0 unspecified atom stereocenters. The van der Waals surface area contributed by atoms with Crippen molar-refractivity contribution in [3.8, 4) is 0 Å². The second kappa shape index (κ2) is 39.6. The summed E-state index contributed by atoms with van der Waals surface area (Å²) in [6.07, 6.45) is 0. The van der Waals surface area contributed by atoms with Crippen LogP contribution in [0, 0.1) is 0 Å². The van der Waals surface area contributed by atoms with Gasteiger partial charge in [0.1, 0.15) is 0 Å². The Bertz CT molecular complexity index is 7.61. The SMILES string of the molecule is C.C.[Br-].[Br-].[Pb+2]. The molecule has 0 aliphatic heterocycles. The zero-order valence-electron chi connectivity index (χ0n) is 1.26. The van der Waals surface area contributed by atoms with Crippen LogP contribution in [-0.2, 0) is 0 Å². The molecule has 0 fully saturated rings. The Morgan fingerprint density at radius 1 is 0.600 bits per heavy atom. The van der Waals surface area contributed by atoms with E-state index in [4.69, 9.17) is 0 Å². The van der Waals surface area contributed by atoms with Crippen LogP contribution in [0.15, 0.2) is 0 Å². The van der Waals surface area contributed by atoms with Crippen molar-refractivity contribution in [3.05, 3.63) is 0 Å². The average Bonchev–Trinajstić information content (AvgIpc) is 0. The van der Waals surface area contributed by atoms with Gasteiger partial charge < -0.3 is 34.0 Å². The van der Waals surface area contributed by atoms with E-state index in [0.717, 1.165) is 0 Å². The summed E-state index contributed by atoms with van der Waals surface area (Å²) in [4.78, 5) is 0. The maximum absolute atomic E-state index is 0. The molecule has 5 heavy (non-hydrogen) atoms. The fraction of sp³-hybridized carbons (Fsp3) is 1.00. The van der Waals surface area contributed by atoms with Gasteiger partial charge in [-0.25, -0.2) is 0 Å². The van der Waals surface area contributed by atoms with Crippen LogP contribution in [0.25, 0.3) is 0 Å². The predicted molar refractivity (Wildman–Crippen MR) is 19.2 cm³/mol. The van der Waals surface area contributed by atoms with Crippen molar-refractivity contribution in [3.63, 3.8) is 0 Å². The molecule has 0 amide bonds. The van der Waals surface area contributed by atoms with Crippen molar-refractivity contribution in [1.82, 2.24) is 0 Å². The normalized spacial score (nSPS) is 0. The van der Waals surface area contributed by atoms with Gasteiger partial charge >= 0.3 is 27.3 Å². The van der Waals surface area contributed by atoms with Crippen LogP contribution in [0.5, 0.6) is 0 Å². The van der Waals surface area contributed by atoms with Gasteiger partial charge in [0, 0.05) is 0 Å². The zero-order chi connectivity index (χ0) is 0.